The molecule has 0 atom stereocenters. The van der Waals surface area contributed by atoms with Crippen LogP contribution in [0.5, 0.6) is 5.75 Å². The Labute approximate surface area is 164 Å². The number of aromatic nitrogens is 1. The summed E-state index contributed by atoms with van der Waals surface area (Å²) in [5, 5.41) is 3.23. The van der Waals surface area contributed by atoms with Crippen LogP contribution in [0.1, 0.15) is 15.9 Å². The number of hydrogen-bond donors (Lipinski definition) is 1. The summed E-state index contributed by atoms with van der Waals surface area (Å²) in [6.07, 6.45) is 4.29. The summed E-state index contributed by atoms with van der Waals surface area (Å²) >= 11 is 1.04. The Hall–Kier alpha value is -3.65. The molecular weight excluding hydrogens is 378 g/mol. The molecule has 0 aliphatic carbocycles. The van der Waals surface area contributed by atoms with Crippen molar-refractivity contribution in [1.29, 1.82) is 0 Å². The molecule has 0 radical (unpaired) electrons. The number of para-hydroxylation sites is 1. The summed E-state index contributed by atoms with van der Waals surface area (Å²) in [5.41, 5.74) is 1.03. The fourth-order valence-electron chi connectivity index (χ4n) is 2.25. The molecule has 0 saturated heterocycles. The van der Waals surface area contributed by atoms with Crippen LogP contribution in [-0.4, -0.2) is 28.7 Å². The predicted octanol–water partition coefficient (Wildman–Crippen LogP) is 4.05. The molecule has 1 aromatic heterocycles. The number of thiazole rings is 1. The number of nitroso groups, excluding NO2 is 1. The molecule has 0 saturated carbocycles. The van der Waals surface area contributed by atoms with Gasteiger partial charge in [0.1, 0.15) is 11.9 Å². The fraction of sp³-hybridized carbons (Fsp3) is 0.0500. The number of rotatable bonds is 6. The number of carbonyl (C=O) groups is 2. The lowest BCUT2D eigenvalue weighted by molar-refractivity contribution is -0.424. The molecule has 28 heavy (non-hydrogen) atoms. The average Bonchev–Trinajstić information content (AvgIpc) is 3.16. The number of anilines is 1. The SMILES string of the molecule is C[N+](=O)c1cnc(NC(=O)c2ccccc2OC(=O)/C=C/c2ccccc2)s1. The molecular formula is C20H16N3O4S+. The molecule has 2 aromatic carbocycles. The summed E-state index contributed by atoms with van der Waals surface area (Å²) in [5.74, 6) is -0.973. The lowest BCUT2D eigenvalue weighted by atomic mass is 10.2. The molecule has 3 rings (SSSR count). The first-order valence-electron chi connectivity index (χ1n) is 8.25. The maximum absolute atomic E-state index is 12.5. The smallest absolute Gasteiger partial charge is 0.336 e. The van der Waals surface area contributed by atoms with Gasteiger partial charge in [0, 0.05) is 15.7 Å². The number of ether oxygens (including phenoxy) is 1. The van der Waals surface area contributed by atoms with E-state index in [-0.39, 0.29) is 16.4 Å². The van der Waals surface area contributed by atoms with E-state index in [1.54, 1.807) is 18.2 Å². The second-order valence-electron chi connectivity index (χ2n) is 5.62. The molecule has 0 fully saturated rings. The van der Waals surface area contributed by atoms with Crippen LogP contribution in [0.25, 0.3) is 6.08 Å². The first-order chi connectivity index (χ1) is 13.5. The van der Waals surface area contributed by atoms with Crippen LogP contribution in [0.15, 0.2) is 66.9 Å². The second-order valence-corrected chi connectivity index (χ2v) is 6.63. The average molecular weight is 394 g/mol. The van der Waals surface area contributed by atoms with Crippen LogP contribution in [0.4, 0.5) is 10.1 Å². The Morgan fingerprint density at radius 2 is 1.82 bits per heavy atom. The van der Waals surface area contributed by atoms with Gasteiger partial charge in [-0.15, -0.1) is 0 Å². The van der Waals surface area contributed by atoms with Crippen LogP contribution in [0, 0.1) is 4.91 Å². The van der Waals surface area contributed by atoms with Gasteiger partial charge in [-0.05, 0) is 35.1 Å². The Bertz CT molecular complexity index is 1040. The Morgan fingerprint density at radius 3 is 2.54 bits per heavy atom. The first kappa shape index (κ1) is 19.1. The molecule has 3 aromatic rings. The standard InChI is InChI=1S/C20H15N3O4S/c1-23(26)17-13-21-20(28-17)22-19(25)15-9-5-6-10-16(15)27-18(24)12-11-14-7-3-2-4-8-14/h2-13H,1H3/p+1/b12-11+. The number of esters is 1. The van der Waals surface area contributed by atoms with Crippen molar-refractivity contribution >= 4 is 39.4 Å². The molecule has 7 nitrogen and oxygen atoms in total. The van der Waals surface area contributed by atoms with Gasteiger partial charge >= 0.3 is 11.0 Å². The minimum absolute atomic E-state index is 0.125. The van der Waals surface area contributed by atoms with Gasteiger partial charge in [-0.1, -0.05) is 42.5 Å². The van der Waals surface area contributed by atoms with E-state index in [0.717, 1.165) is 16.9 Å². The van der Waals surface area contributed by atoms with E-state index in [9.17, 15) is 14.5 Å². The molecule has 8 heteroatoms. The highest BCUT2D eigenvalue weighted by Crippen LogP contribution is 2.26. The Morgan fingerprint density at radius 1 is 1.11 bits per heavy atom. The van der Waals surface area contributed by atoms with Crippen molar-refractivity contribution in [3.63, 3.8) is 0 Å². The molecule has 0 aliphatic heterocycles. The monoisotopic (exact) mass is 394 g/mol. The van der Waals surface area contributed by atoms with Gasteiger partial charge in [-0.25, -0.2) is 9.78 Å². The highest BCUT2D eigenvalue weighted by atomic mass is 32.1. The number of amides is 1. The number of nitrogens with one attached hydrogen (secondary N) is 1. The summed E-state index contributed by atoms with van der Waals surface area (Å²) in [6.45, 7) is 0. The number of carbonyl (C=O) groups excluding carboxylic acids is 2. The number of hydrogen-bond acceptors (Lipinski definition) is 6. The van der Waals surface area contributed by atoms with Gasteiger partial charge in [-0.2, -0.15) is 0 Å². The molecule has 0 spiro atoms. The second kappa shape index (κ2) is 8.83. The van der Waals surface area contributed by atoms with Crippen LogP contribution in [0.2, 0.25) is 0 Å². The number of nitrogens with zero attached hydrogens (tertiary/aromatic N) is 2. The van der Waals surface area contributed by atoms with Crippen molar-refractivity contribution in [2.45, 2.75) is 0 Å². The van der Waals surface area contributed by atoms with Gasteiger partial charge < -0.3 is 4.74 Å². The maximum Gasteiger partial charge on any atom is 0.336 e. The molecule has 0 unspecified atom stereocenters. The summed E-state index contributed by atoms with van der Waals surface area (Å²) in [6, 6.07) is 15.7. The van der Waals surface area contributed by atoms with Crippen LogP contribution in [0.3, 0.4) is 0 Å². The molecule has 1 heterocycles. The molecule has 1 amide bonds. The first-order valence-corrected chi connectivity index (χ1v) is 9.06. The molecule has 0 bridgehead atoms. The lowest BCUT2D eigenvalue weighted by Gasteiger charge is -2.08. The molecule has 1 N–H and O–H groups in total. The van der Waals surface area contributed by atoms with Crippen molar-refractivity contribution in [3.05, 3.63) is 82.9 Å². The Kier molecular flexibility index (Phi) is 6.03. The third-order valence-corrected chi connectivity index (χ3v) is 4.55. The zero-order valence-electron chi connectivity index (χ0n) is 14.9. The minimum Gasteiger partial charge on any atom is -0.423 e. The van der Waals surface area contributed by atoms with Gasteiger partial charge in [-0.3, -0.25) is 10.1 Å². The van der Waals surface area contributed by atoms with Crippen molar-refractivity contribution in [2.24, 2.45) is 0 Å². The van der Waals surface area contributed by atoms with Gasteiger partial charge in [0.15, 0.2) is 12.2 Å². The Balaban J connectivity index is 1.71. The van der Waals surface area contributed by atoms with E-state index in [0.29, 0.717) is 9.76 Å². The highest BCUT2D eigenvalue weighted by molar-refractivity contribution is 7.18. The molecule has 140 valence electrons. The summed E-state index contributed by atoms with van der Waals surface area (Å²) < 4.78 is 5.96. The fourth-order valence-corrected chi connectivity index (χ4v) is 2.93. The van der Waals surface area contributed by atoms with Gasteiger partial charge in [0.2, 0.25) is 0 Å². The normalized spacial score (nSPS) is 10.6. The van der Waals surface area contributed by atoms with E-state index in [4.69, 9.17) is 4.74 Å². The van der Waals surface area contributed by atoms with E-state index >= 15 is 0 Å². The van der Waals surface area contributed by atoms with E-state index in [1.807, 2.05) is 30.3 Å². The van der Waals surface area contributed by atoms with Crippen molar-refractivity contribution < 1.29 is 19.1 Å². The minimum atomic E-state index is -0.603. The molecule has 0 aliphatic rings. The van der Waals surface area contributed by atoms with Crippen molar-refractivity contribution in [2.75, 3.05) is 12.4 Å². The largest absolute Gasteiger partial charge is 0.423 e. The van der Waals surface area contributed by atoms with Crippen molar-refractivity contribution in [3.8, 4) is 5.75 Å². The van der Waals surface area contributed by atoms with Crippen molar-refractivity contribution in [1.82, 2.24) is 4.98 Å². The third kappa shape index (κ3) is 4.95. The number of benzene rings is 2. The maximum atomic E-state index is 12.5. The quantitative estimate of drug-likeness (QED) is 0.295. The third-order valence-electron chi connectivity index (χ3n) is 3.58. The highest BCUT2D eigenvalue weighted by Gasteiger charge is 2.18. The van der Waals surface area contributed by atoms with Gasteiger partial charge in [0.05, 0.1) is 5.56 Å². The van der Waals surface area contributed by atoms with E-state index < -0.39 is 11.9 Å². The van der Waals surface area contributed by atoms with E-state index in [2.05, 4.69) is 10.3 Å². The van der Waals surface area contributed by atoms with Crippen LogP contribution in [-0.2, 0) is 4.79 Å². The van der Waals surface area contributed by atoms with Gasteiger partial charge in [0.25, 0.3) is 5.91 Å². The zero-order chi connectivity index (χ0) is 19.9. The van der Waals surface area contributed by atoms with Crippen LogP contribution >= 0.6 is 11.3 Å². The predicted molar refractivity (Wildman–Crippen MR) is 107 cm³/mol. The topological polar surface area (TPSA) is 88.4 Å². The lowest BCUT2D eigenvalue weighted by Crippen LogP contribution is -2.15. The zero-order valence-corrected chi connectivity index (χ0v) is 15.7. The van der Waals surface area contributed by atoms with E-state index in [1.165, 1.54) is 31.5 Å². The summed E-state index contributed by atoms with van der Waals surface area (Å²) in [4.78, 5) is 39.9. The summed E-state index contributed by atoms with van der Waals surface area (Å²) in [7, 11) is 1.34. The van der Waals surface area contributed by atoms with Crippen LogP contribution < -0.4 is 10.1 Å².